The molecule has 0 radical (unpaired) electrons. The molecule has 0 unspecified atom stereocenters. The predicted octanol–water partition coefficient (Wildman–Crippen LogP) is 4.36. The Morgan fingerprint density at radius 3 is 2.24 bits per heavy atom. The second-order valence-electron chi connectivity index (χ2n) is 6.98. The van der Waals surface area contributed by atoms with Gasteiger partial charge in [-0.1, -0.05) is 0 Å². The minimum Gasteiger partial charge on any atom is -0.545 e. The first-order valence-corrected chi connectivity index (χ1v) is 10.8. The van der Waals surface area contributed by atoms with Crippen LogP contribution in [0, 0.1) is 0 Å². The molecule has 2 heterocycles. The van der Waals surface area contributed by atoms with Crippen LogP contribution in [0.15, 0.2) is 60.9 Å². The number of pyridine rings is 1. The molecule has 0 atom stereocenters. The number of carboxylic acids is 1. The van der Waals surface area contributed by atoms with Crippen LogP contribution >= 0.6 is 11.3 Å². The summed E-state index contributed by atoms with van der Waals surface area (Å²) in [4.78, 5) is 16.7. The molecular formula is C25H21N2O5S-. The molecule has 8 heteroatoms. The number of nitrogens with zero attached hydrogens (tertiary/aromatic N) is 1. The molecule has 0 saturated heterocycles. The van der Waals surface area contributed by atoms with Gasteiger partial charge in [0.25, 0.3) is 0 Å². The zero-order valence-electron chi connectivity index (χ0n) is 18.2. The van der Waals surface area contributed by atoms with Crippen LogP contribution in [0.4, 0.5) is 11.4 Å². The topological polar surface area (TPSA) is 92.7 Å². The molecule has 1 N–H and O–H groups in total. The summed E-state index contributed by atoms with van der Waals surface area (Å²) >= 11 is 1.43. The lowest BCUT2D eigenvalue weighted by atomic mass is 10.1. The number of ether oxygens (including phenoxy) is 3. The normalized spacial score (nSPS) is 11.3. The molecule has 168 valence electrons. The Balaban J connectivity index is 1.91. The molecule has 2 aromatic carbocycles. The van der Waals surface area contributed by atoms with Crippen LogP contribution in [-0.4, -0.2) is 32.3 Å². The number of benzene rings is 2. The molecular weight excluding hydrogens is 440 g/mol. The fourth-order valence-corrected chi connectivity index (χ4v) is 4.53. The third kappa shape index (κ3) is 4.61. The summed E-state index contributed by atoms with van der Waals surface area (Å²) in [5.41, 5.74) is 2.13. The van der Waals surface area contributed by atoms with Gasteiger partial charge in [0.2, 0.25) is 0 Å². The van der Waals surface area contributed by atoms with Gasteiger partial charge in [-0.25, -0.2) is 0 Å². The predicted molar refractivity (Wildman–Crippen MR) is 128 cm³/mol. The highest BCUT2D eigenvalue weighted by Crippen LogP contribution is 2.44. The zero-order valence-corrected chi connectivity index (χ0v) is 19.1. The molecule has 0 aliphatic carbocycles. The van der Waals surface area contributed by atoms with Crippen LogP contribution in [0.3, 0.4) is 0 Å². The SMILES string of the molecule is COc1ccc(Nc2c(/C=C(/C(=O)[O-])c3ccncc3)sc3cc(OC)c(OC)cc23)cc1. The molecule has 4 rings (SSSR count). The van der Waals surface area contributed by atoms with E-state index >= 15 is 0 Å². The van der Waals surface area contributed by atoms with Crippen molar-refractivity contribution >= 4 is 50.4 Å². The molecule has 0 bridgehead atoms. The number of aliphatic carboxylic acids is 1. The van der Waals surface area contributed by atoms with Crippen molar-refractivity contribution in [1.29, 1.82) is 0 Å². The number of nitrogens with one attached hydrogen (secondary N) is 1. The summed E-state index contributed by atoms with van der Waals surface area (Å²) in [5, 5.41) is 16.3. The minimum atomic E-state index is -1.27. The summed E-state index contributed by atoms with van der Waals surface area (Å²) < 4.78 is 17.1. The Labute approximate surface area is 194 Å². The van der Waals surface area contributed by atoms with Crippen molar-refractivity contribution in [2.45, 2.75) is 0 Å². The number of carbonyl (C=O) groups excluding carboxylic acids is 1. The molecule has 7 nitrogen and oxygen atoms in total. The largest absolute Gasteiger partial charge is 0.545 e. The quantitative estimate of drug-likeness (QED) is 0.390. The van der Waals surface area contributed by atoms with E-state index in [9.17, 15) is 9.90 Å². The number of carboxylic acid groups (broad SMARTS) is 1. The maximum absolute atomic E-state index is 12.0. The maximum Gasteiger partial charge on any atom is 0.162 e. The minimum absolute atomic E-state index is 0.0562. The van der Waals surface area contributed by atoms with E-state index in [2.05, 4.69) is 10.3 Å². The standard InChI is InChI=1S/C25H22N2O5S/c1-30-17-6-4-16(5-7-17)27-24-19-12-20(31-2)21(32-3)14-22(19)33-23(24)13-18(25(28)29)15-8-10-26-11-9-15/h4-14,27H,1-3H3,(H,28,29)/p-1/b18-13+. The smallest absolute Gasteiger partial charge is 0.162 e. The van der Waals surface area contributed by atoms with Crippen molar-refractivity contribution in [2.75, 3.05) is 26.6 Å². The first kappa shape index (κ1) is 22.2. The Bertz CT molecular complexity index is 1310. The Morgan fingerprint density at radius 2 is 1.64 bits per heavy atom. The van der Waals surface area contributed by atoms with Gasteiger partial charge >= 0.3 is 0 Å². The number of carbonyl (C=O) groups is 1. The van der Waals surface area contributed by atoms with Crippen LogP contribution in [0.5, 0.6) is 17.2 Å². The van der Waals surface area contributed by atoms with E-state index in [1.807, 2.05) is 36.4 Å². The zero-order chi connectivity index (χ0) is 23.4. The number of rotatable bonds is 8. The fraction of sp³-hybridized carbons (Fsp3) is 0.120. The van der Waals surface area contributed by atoms with Gasteiger partial charge in [-0.05, 0) is 54.1 Å². The van der Waals surface area contributed by atoms with Crippen molar-refractivity contribution in [1.82, 2.24) is 4.98 Å². The summed E-state index contributed by atoms with van der Waals surface area (Å²) in [6.07, 6.45) is 4.70. The number of hydrogen-bond acceptors (Lipinski definition) is 8. The molecule has 2 aromatic heterocycles. The molecule has 0 saturated carbocycles. The number of methoxy groups -OCH3 is 3. The molecule has 0 aliphatic rings. The van der Waals surface area contributed by atoms with Gasteiger partial charge < -0.3 is 29.4 Å². The van der Waals surface area contributed by atoms with E-state index in [4.69, 9.17) is 14.2 Å². The number of aromatic nitrogens is 1. The number of thiophene rings is 1. The van der Waals surface area contributed by atoms with Gasteiger partial charge in [-0.15, -0.1) is 11.3 Å². The molecule has 0 spiro atoms. The average molecular weight is 462 g/mol. The van der Waals surface area contributed by atoms with E-state index in [0.29, 0.717) is 21.9 Å². The maximum atomic E-state index is 12.0. The lowest BCUT2D eigenvalue weighted by Crippen LogP contribution is -2.23. The van der Waals surface area contributed by atoms with Crippen molar-refractivity contribution in [3.63, 3.8) is 0 Å². The van der Waals surface area contributed by atoms with Gasteiger partial charge in [0.15, 0.2) is 11.5 Å². The third-order valence-corrected chi connectivity index (χ3v) is 6.17. The van der Waals surface area contributed by atoms with E-state index in [1.54, 1.807) is 51.9 Å². The highest BCUT2D eigenvalue weighted by Gasteiger charge is 2.17. The van der Waals surface area contributed by atoms with E-state index in [-0.39, 0.29) is 5.57 Å². The Hall–Kier alpha value is -4.04. The molecule has 0 amide bonds. The van der Waals surface area contributed by atoms with Crippen LogP contribution < -0.4 is 24.6 Å². The van der Waals surface area contributed by atoms with E-state index < -0.39 is 5.97 Å². The van der Waals surface area contributed by atoms with Gasteiger partial charge in [0.05, 0.1) is 37.9 Å². The van der Waals surface area contributed by atoms with Crippen molar-refractivity contribution < 1.29 is 24.1 Å². The average Bonchev–Trinajstić information content (AvgIpc) is 3.18. The lowest BCUT2D eigenvalue weighted by Gasteiger charge is -2.12. The van der Waals surface area contributed by atoms with E-state index in [0.717, 1.165) is 27.2 Å². The van der Waals surface area contributed by atoms with Crippen LogP contribution in [0.1, 0.15) is 10.4 Å². The molecule has 33 heavy (non-hydrogen) atoms. The van der Waals surface area contributed by atoms with Crippen LogP contribution in [0.25, 0.3) is 21.7 Å². The highest BCUT2D eigenvalue weighted by atomic mass is 32.1. The monoisotopic (exact) mass is 461 g/mol. The number of hydrogen-bond donors (Lipinski definition) is 1. The Kier molecular flexibility index (Phi) is 6.46. The summed E-state index contributed by atoms with van der Waals surface area (Å²) in [7, 11) is 4.76. The van der Waals surface area contributed by atoms with Crippen molar-refractivity contribution in [3.05, 3.63) is 71.4 Å². The summed E-state index contributed by atoms with van der Waals surface area (Å²) in [5.74, 6) is 0.626. The molecule has 0 fully saturated rings. The van der Waals surface area contributed by atoms with Crippen molar-refractivity contribution in [3.8, 4) is 17.2 Å². The van der Waals surface area contributed by atoms with Crippen molar-refractivity contribution in [2.24, 2.45) is 0 Å². The van der Waals surface area contributed by atoms with Gasteiger partial charge in [-0.2, -0.15) is 0 Å². The first-order valence-electron chi connectivity index (χ1n) is 9.97. The molecule has 4 aromatic rings. The van der Waals surface area contributed by atoms with Crippen LogP contribution in [-0.2, 0) is 4.79 Å². The number of fused-ring (bicyclic) bond motifs is 1. The highest BCUT2D eigenvalue weighted by molar-refractivity contribution is 7.20. The van der Waals surface area contributed by atoms with E-state index in [1.165, 1.54) is 11.3 Å². The second kappa shape index (κ2) is 9.62. The van der Waals surface area contributed by atoms with Crippen LogP contribution in [0.2, 0.25) is 0 Å². The van der Waals surface area contributed by atoms with Gasteiger partial charge in [-0.3, -0.25) is 4.98 Å². The summed E-state index contributed by atoms with van der Waals surface area (Å²) in [6.45, 7) is 0. The Morgan fingerprint density at radius 1 is 0.970 bits per heavy atom. The van der Waals surface area contributed by atoms with Gasteiger partial charge in [0, 0.05) is 39.8 Å². The first-order chi connectivity index (χ1) is 16.0. The second-order valence-corrected chi connectivity index (χ2v) is 8.06. The third-order valence-electron chi connectivity index (χ3n) is 5.07. The fourth-order valence-electron chi connectivity index (χ4n) is 3.41. The lowest BCUT2D eigenvalue weighted by molar-refractivity contribution is -0.295. The number of anilines is 2. The summed E-state index contributed by atoms with van der Waals surface area (Å²) in [6, 6.07) is 14.5. The molecule has 0 aliphatic heterocycles. The van der Waals surface area contributed by atoms with Gasteiger partial charge in [0.1, 0.15) is 5.75 Å².